The number of hydrogen-bond donors (Lipinski definition) is 2. The van der Waals surface area contributed by atoms with Crippen molar-refractivity contribution in [2.24, 2.45) is 0 Å². The van der Waals surface area contributed by atoms with Crippen molar-refractivity contribution in [1.82, 2.24) is 20.3 Å². The van der Waals surface area contributed by atoms with Gasteiger partial charge in [0.25, 0.3) is 5.91 Å². The highest BCUT2D eigenvalue weighted by Gasteiger charge is 2.19. The fraction of sp³-hybridized carbons (Fsp3) is 0.200. The van der Waals surface area contributed by atoms with Gasteiger partial charge in [0.1, 0.15) is 5.82 Å². The summed E-state index contributed by atoms with van der Waals surface area (Å²) in [6, 6.07) is 15.4. The van der Waals surface area contributed by atoms with Crippen molar-refractivity contribution in [1.29, 1.82) is 0 Å². The van der Waals surface area contributed by atoms with Gasteiger partial charge in [-0.25, -0.2) is 19.3 Å². The first-order valence-corrected chi connectivity index (χ1v) is 12.5. The molecule has 0 radical (unpaired) electrons. The van der Waals surface area contributed by atoms with Crippen molar-refractivity contribution >= 4 is 40.0 Å². The van der Waals surface area contributed by atoms with Crippen molar-refractivity contribution in [2.45, 2.75) is 35.3 Å². The van der Waals surface area contributed by atoms with Gasteiger partial charge in [-0.05, 0) is 42.7 Å². The number of carbonyl (C=O) groups excluding carboxylic acids is 1. The van der Waals surface area contributed by atoms with Gasteiger partial charge in [-0.3, -0.25) is 4.79 Å². The molecule has 0 fully saturated rings. The molecule has 2 N–H and O–H groups in total. The monoisotopic (exact) mass is 493 g/mol. The number of aryl methyl sites for hydroxylation is 1. The van der Waals surface area contributed by atoms with E-state index in [2.05, 4.69) is 32.5 Å². The first kappa shape index (κ1) is 23.8. The number of aromatic nitrogens is 3. The van der Waals surface area contributed by atoms with Crippen LogP contribution in [0.4, 0.5) is 15.3 Å². The van der Waals surface area contributed by atoms with Crippen LogP contribution in [0, 0.1) is 12.7 Å². The molecule has 4 aromatic rings. The first-order chi connectivity index (χ1) is 16.5. The number of anilines is 2. The van der Waals surface area contributed by atoms with Crippen LogP contribution in [0.5, 0.6) is 0 Å². The molecule has 1 unspecified atom stereocenters. The maximum Gasteiger partial charge on any atom is 0.272 e. The molecule has 1 aromatic carbocycles. The summed E-state index contributed by atoms with van der Waals surface area (Å²) in [7, 11) is 0. The number of hydrogen-bond acceptors (Lipinski definition) is 7. The Balaban J connectivity index is 1.42. The second kappa shape index (κ2) is 11.2. The van der Waals surface area contributed by atoms with Crippen LogP contribution in [-0.4, -0.2) is 27.4 Å². The van der Waals surface area contributed by atoms with Gasteiger partial charge in [0.2, 0.25) is 0 Å². The first-order valence-electron chi connectivity index (χ1n) is 10.8. The lowest BCUT2D eigenvalue weighted by atomic mass is 9.96. The van der Waals surface area contributed by atoms with Crippen LogP contribution in [-0.2, 0) is 0 Å². The summed E-state index contributed by atoms with van der Waals surface area (Å²) in [6.07, 6.45) is 5.70. The highest BCUT2D eigenvalue weighted by atomic mass is 32.2. The molecule has 0 spiro atoms. The largest absolute Gasteiger partial charge is 0.350 e. The van der Waals surface area contributed by atoms with Crippen LogP contribution in [0.25, 0.3) is 0 Å². The Bertz CT molecular complexity index is 1270. The standard InChI is InChI=1S/C25H24FN5OS2/c1-3-17(18-7-5-4-6-8-18)14-29-24(32)23-22(26)19(10-12-28-23)33-21-15-30-25(34-21)31-20-13-16(2)9-11-27-20/h4-13,15,17H,3,14H2,1-2H3,(H,29,32)(H,27,30,31). The summed E-state index contributed by atoms with van der Waals surface area (Å²) in [6.45, 7) is 4.46. The van der Waals surface area contributed by atoms with Crippen molar-refractivity contribution in [3.63, 3.8) is 0 Å². The molecule has 1 amide bonds. The van der Waals surface area contributed by atoms with E-state index in [1.165, 1.54) is 29.3 Å². The molecule has 9 heteroatoms. The molecule has 0 aliphatic carbocycles. The summed E-state index contributed by atoms with van der Waals surface area (Å²) < 4.78 is 15.9. The second-order valence-electron chi connectivity index (χ2n) is 7.63. The number of benzene rings is 1. The molecule has 1 atom stereocenters. The van der Waals surface area contributed by atoms with Gasteiger partial charge in [0.05, 0.1) is 15.3 Å². The SMILES string of the molecule is CCC(CNC(=O)c1nccc(Sc2cnc(Nc3cc(C)ccn3)s2)c1F)c1ccccc1. The molecule has 34 heavy (non-hydrogen) atoms. The topological polar surface area (TPSA) is 79.8 Å². The second-order valence-corrected chi connectivity index (χ2v) is 10.0. The van der Waals surface area contributed by atoms with Crippen LogP contribution in [0.3, 0.4) is 0 Å². The summed E-state index contributed by atoms with van der Waals surface area (Å²) in [4.78, 5) is 25.6. The molecule has 0 saturated carbocycles. The zero-order valence-electron chi connectivity index (χ0n) is 18.8. The molecular formula is C25H24FN5OS2. The van der Waals surface area contributed by atoms with E-state index in [4.69, 9.17) is 0 Å². The molecule has 3 heterocycles. The lowest BCUT2D eigenvalue weighted by Gasteiger charge is -2.16. The number of nitrogens with zero attached hydrogens (tertiary/aromatic N) is 3. The summed E-state index contributed by atoms with van der Waals surface area (Å²) in [5, 5.41) is 6.65. The lowest BCUT2D eigenvalue weighted by Crippen LogP contribution is -2.29. The minimum atomic E-state index is -0.638. The van der Waals surface area contributed by atoms with E-state index in [9.17, 15) is 4.79 Å². The third kappa shape index (κ3) is 5.98. The summed E-state index contributed by atoms with van der Waals surface area (Å²) in [5.74, 6) is -0.315. The molecule has 6 nitrogen and oxygen atoms in total. The Morgan fingerprint density at radius 1 is 1.12 bits per heavy atom. The molecule has 3 aromatic heterocycles. The Morgan fingerprint density at radius 2 is 1.91 bits per heavy atom. The molecule has 0 saturated heterocycles. The van der Waals surface area contributed by atoms with E-state index in [1.54, 1.807) is 18.5 Å². The van der Waals surface area contributed by atoms with Gasteiger partial charge in [0, 0.05) is 24.9 Å². The number of pyridine rings is 2. The molecule has 4 rings (SSSR count). The van der Waals surface area contributed by atoms with Crippen LogP contribution < -0.4 is 10.6 Å². The zero-order valence-corrected chi connectivity index (χ0v) is 20.4. The number of amides is 1. The molecule has 0 bridgehead atoms. The summed E-state index contributed by atoms with van der Waals surface area (Å²) >= 11 is 2.59. The van der Waals surface area contributed by atoms with Gasteiger partial charge in [-0.1, -0.05) is 60.4 Å². The predicted molar refractivity (Wildman–Crippen MR) is 134 cm³/mol. The number of halogens is 1. The number of rotatable bonds is 9. The zero-order chi connectivity index (χ0) is 23.9. The Labute approximate surface area is 206 Å². The van der Waals surface area contributed by atoms with Gasteiger partial charge in [-0.2, -0.15) is 0 Å². The van der Waals surface area contributed by atoms with Crippen molar-refractivity contribution in [2.75, 3.05) is 11.9 Å². The average Bonchev–Trinajstić information content (AvgIpc) is 3.28. The highest BCUT2D eigenvalue weighted by molar-refractivity contribution is 8.01. The maximum atomic E-state index is 15.2. The van der Waals surface area contributed by atoms with Gasteiger partial charge in [0.15, 0.2) is 16.6 Å². The van der Waals surface area contributed by atoms with Crippen LogP contribution >= 0.6 is 23.1 Å². The van der Waals surface area contributed by atoms with E-state index in [-0.39, 0.29) is 11.6 Å². The van der Waals surface area contributed by atoms with Crippen LogP contribution in [0.1, 0.15) is 40.9 Å². The van der Waals surface area contributed by atoms with Crippen molar-refractivity contribution in [3.05, 3.63) is 89.8 Å². The molecular weight excluding hydrogens is 469 g/mol. The van der Waals surface area contributed by atoms with E-state index in [1.807, 2.05) is 49.4 Å². The number of nitrogens with one attached hydrogen (secondary N) is 2. The number of thiazole rings is 1. The minimum absolute atomic E-state index is 0.150. The van der Waals surface area contributed by atoms with Gasteiger partial charge in [-0.15, -0.1) is 0 Å². The quantitative estimate of drug-likeness (QED) is 0.289. The van der Waals surface area contributed by atoms with E-state index in [0.29, 0.717) is 22.4 Å². The molecule has 0 aliphatic heterocycles. The van der Waals surface area contributed by atoms with Crippen LogP contribution in [0.2, 0.25) is 0 Å². The predicted octanol–water partition coefficient (Wildman–Crippen LogP) is 6.20. The minimum Gasteiger partial charge on any atom is -0.350 e. The smallest absolute Gasteiger partial charge is 0.272 e. The van der Waals surface area contributed by atoms with Gasteiger partial charge >= 0.3 is 0 Å². The number of carbonyl (C=O) groups is 1. The van der Waals surface area contributed by atoms with Crippen molar-refractivity contribution in [3.8, 4) is 0 Å². The third-order valence-corrected chi connectivity index (χ3v) is 7.24. The Hall–Kier alpha value is -3.30. The lowest BCUT2D eigenvalue weighted by molar-refractivity contribution is 0.0940. The fourth-order valence-electron chi connectivity index (χ4n) is 3.37. The highest BCUT2D eigenvalue weighted by Crippen LogP contribution is 2.36. The normalized spacial score (nSPS) is 11.7. The molecule has 0 aliphatic rings. The van der Waals surface area contributed by atoms with E-state index in [0.717, 1.165) is 21.8 Å². The van der Waals surface area contributed by atoms with Gasteiger partial charge < -0.3 is 10.6 Å². The average molecular weight is 494 g/mol. The Kier molecular flexibility index (Phi) is 7.87. The molecule has 174 valence electrons. The third-order valence-electron chi connectivity index (χ3n) is 5.19. The Morgan fingerprint density at radius 3 is 2.68 bits per heavy atom. The van der Waals surface area contributed by atoms with E-state index < -0.39 is 11.7 Å². The van der Waals surface area contributed by atoms with Crippen molar-refractivity contribution < 1.29 is 9.18 Å². The fourth-order valence-corrected chi connectivity index (χ4v) is 5.24. The van der Waals surface area contributed by atoms with E-state index >= 15 is 4.39 Å². The maximum absolute atomic E-state index is 15.2. The van der Waals surface area contributed by atoms with Crippen LogP contribution in [0.15, 0.2) is 76.2 Å². The summed E-state index contributed by atoms with van der Waals surface area (Å²) in [5.41, 5.74) is 2.01.